The Balaban J connectivity index is 2.20. The molecule has 0 bridgehead atoms. The SMILES string of the molecule is CCCN(c1ccc(C(=O)NCC)cc1N)C1CC1. The van der Waals surface area contributed by atoms with Gasteiger partial charge in [0.2, 0.25) is 0 Å². The molecule has 1 amide bonds. The molecule has 0 atom stereocenters. The fourth-order valence-electron chi connectivity index (χ4n) is 2.35. The van der Waals surface area contributed by atoms with Gasteiger partial charge in [-0.25, -0.2) is 0 Å². The molecule has 4 heteroatoms. The zero-order valence-corrected chi connectivity index (χ0v) is 11.8. The second-order valence-electron chi connectivity index (χ2n) is 5.06. The van der Waals surface area contributed by atoms with Crippen molar-refractivity contribution in [1.82, 2.24) is 5.32 Å². The van der Waals surface area contributed by atoms with Gasteiger partial charge < -0.3 is 16.0 Å². The van der Waals surface area contributed by atoms with Crippen LogP contribution in [0.4, 0.5) is 11.4 Å². The van der Waals surface area contributed by atoms with Gasteiger partial charge in [-0.2, -0.15) is 0 Å². The van der Waals surface area contributed by atoms with Crippen LogP contribution in [0.3, 0.4) is 0 Å². The summed E-state index contributed by atoms with van der Waals surface area (Å²) < 4.78 is 0. The Morgan fingerprint density at radius 1 is 1.42 bits per heavy atom. The molecule has 1 aliphatic rings. The van der Waals surface area contributed by atoms with Crippen LogP contribution in [0.2, 0.25) is 0 Å². The number of rotatable bonds is 6. The van der Waals surface area contributed by atoms with Crippen LogP contribution >= 0.6 is 0 Å². The Hall–Kier alpha value is -1.71. The zero-order chi connectivity index (χ0) is 13.8. The van der Waals surface area contributed by atoms with Crippen LogP contribution in [0.25, 0.3) is 0 Å². The molecule has 1 aromatic rings. The lowest BCUT2D eigenvalue weighted by Crippen LogP contribution is -2.28. The van der Waals surface area contributed by atoms with Crippen LogP contribution in [0.1, 0.15) is 43.5 Å². The zero-order valence-electron chi connectivity index (χ0n) is 11.8. The van der Waals surface area contributed by atoms with Gasteiger partial charge in [0.25, 0.3) is 5.91 Å². The van der Waals surface area contributed by atoms with Crippen LogP contribution in [0.15, 0.2) is 18.2 Å². The van der Waals surface area contributed by atoms with E-state index < -0.39 is 0 Å². The maximum atomic E-state index is 11.8. The number of nitrogen functional groups attached to an aromatic ring is 1. The number of anilines is 2. The number of hydrogen-bond donors (Lipinski definition) is 2. The molecule has 104 valence electrons. The van der Waals surface area contributed by atoms with Gasteiger partial charge >= 0.3 is 0 Å². The number of hydrogen-bond acceptors (Lipinski definition) is 3. The van der Waals surface area contributed by atoms with Crippen LogP contribution in [0, 0.1) is 0 Å². The molecule has 19 heavy (non-hydrogen) atoms. The number of carbonyl (C=O) groups is 1. The van der Waals surface area contributed by atoms with Gasteiger partial charge in [-0.05, 0) is 44.4 Å². The molecule has 0 saturated heterocycles. The van der Waals surface area contributed by atoms with E-state index in [1.54, 1.807) is 6.07 Å². The number of nitrogens with zero attached hydrogens (tertiary/aromatic N) is 1. The average Bonchev–Trinajstić information content (AvgIpc) is 3.21. The highest BCUT2D eigenvalue weighted by Crippen LogP contribution is 2.35. The summed E-state index contributed by atoms with van der Waals surface area (Å²) in [6.07, 6.45) is 3.60. The molecule has 1 saturated carbocycles. The topological polar surface area (TPSA) is 58.4 Å². The summed E-state index contributed by atoms with van der Waals surface area (Å²) >= 11 is 0. The molecule has 0 aliphatic heterocycles. The van der Waals surface area contributed by atoms with Crippen LogP contribution in [-0.2, 0) is 0 Å². The van der Waals surface area contributed by atoms with Crippen LogP contribution in [0.5, 0.6) is 0 Å². The lowest BCUT2D eigenvalue weighted by molar-refractivity contribution is 0.0956. The highest BCUT2D eigenvalue weighted by atomic mass is 16.1. The summed E-state index contributed by atoms with van der Waals surface area (Å²) in [7, 11) is 0. The fraction of sp³-hybridized carbons (Fsp3) is 0.533. The van der Waals surface area contributed by atoms with Crippen molar-refractivity contribution in [3.63, 3.8) is 0 Å². The summed E-state index contributed by atoms with van der Waals surface area (Å²) in [6, 6.07) is 6.26. The lowest BCUT2D eigenvalue weighted by Gasteiger charge is -2.25. The quantitative estimate of drug-likeness (QED) is 0.773. The Labute approximate surface area is 115 Å². The van der Waals surface area contributed by atoms with E-state index in [0.717, 1.165) is 18.7 Å². The minimum absolute atomic E-state index is 0.0609. The van der Waals surface area contributed by atoms with Gasteiger partial charge in [0.05, 0.1) is 11.4 Å². The van der Waals surface area contributed by atoms with Crippen molar-refractivity contribution in [2.24, 2.45) is 0 Å². The van der Waals surface area contributed by atoms with Gasteiger partial charge in [-0.3, -0.25) is 4.79 Å². The summed E-state index contributed by atoms with van der Waals surface area (Å²) in [5, 5.41) is 2.79. The predicted octanol–water partition coefficient (Wildman–Crippen LogP) is 2.40. The fourth-order valence-corrected chi connectivity index (χ4v) is 2.35. The molecule has 0 spiro atoms. The number of amides is 1. The number of carbonyl (C=O) groups excluding carboxylic acids is 1. The standard InChI is InChI=1S/C15H23N3O/c1-3-9-18(12-6-7-12)14-8-5-11(10-13(14)16)15(19)17-4-2/h5,8,10,12H,3-4,6-7,9,16H2,1-2H3,(H,17,19). The van der Waals surface area contributed by atoms with Crippen molar-refractivity contribution in [1.29, 1.82) is 0 Å². The van der Waals surface area contributed by atoms with E-state index >= 15 is 0 Å². The summed E-state index contributed by atoms with van der Waals surface area (Å²) in [4.78, 5) is 14.1. The number of benzene rings is 1. The normalized spacial score (nSPS) is 14.2. The van der Waals surface area contributed by atoms with E-state index in [-0.39, 0.29) is 5.91 Å². The molecule has 1 aliphatic carbocycles. The molecular weight excluding hydrogens is 238 g/mol. The summed E-state index contributed by atoms with van der Waals surface area (Å²) in [5.74, 6) is -0.0609. The van der Waals surface area contributed by atoms with E-state index in [1.807, 2.05) is 19.1 Å². The third-order valence-electron chi connectivity index (χ3n) is 3.39. The molecule has 3 N–H and O–H groups in total. The third kappa shape index (κ3) is 3.19. The highest BCUT2D eigenvalue weighted by molar-refractivity contribution is 5.96. The highest BCUT2D eigenvalue weighted by Gasteiger charge is 2.29. The summed E-state index contributed by atoms with van der Waals surface area (Å²) in [5.41, 5.74) is 8.53. The number of nitrogens with one attached hydrogen (secondary N) is 1. The molecule has 0 heterocycles. The second kappa shape index (κ2) is 5.95. The minimum atomic E-state index is -0.0609. The van der Waals surface area contributed by atoms with Gasteiger partial charge in [0.15, 0.2) is 0 Å². The first-order valence-electron chi connectivity index (χ1n) is 7.11. The predicted molar refractivity (Wildman–Crippen MR) is 79.5 cm³/mol. The van der Waals surface area contributed by atoms with E-state index in [2.05, 4.69) is 17.1 Å². The smallest absolute Gasteiger partial charge is 0.251 e. The summed E-state index contributed by atoms with van der Waals surface area (Å²) in [6.45, 7) is 5.74. The van der Waals surface area contributed by atoms with Crippen LogP contribution in [-0.4, -0.2) is 25.0 Å². The van der Waals surface area contributed by atoms with Crippen molar-refractivity contribution in [3.8, 4) is 0 Å². The monoisotopic (exact) mass is 261 g/mol. The molecule has 4 nitrogen and oxygen atoms in total. The first-order valence-corrected chi connectivity index (χ1v) is 7.11. The van der Waals surface area contributed by atoms with E-state index in [1.165, 1.54) is 12.8 Å². The van der Waals surface area contributed by atoms with Crippen LogP contribution < -0.4 is 16.0 Å². The second-order valence-corrected chi connectivity index (χ2v) is 5.06. The molecule has 2 rings (SSSR count). The number of nitrogens with two attached hydrogens (primary N) is 1. The van der Waals surface area contributed by atoms with Crippen molar-refractivity contribution in [2.75, 3.05) is 23.7 Å². The Kier molecular flexibility index (Phi) is 4.30. The molecular formula is C15H23N3O. The van der Waals surface area contributed by atoms with Crippen molar-refractivity contribution in [2.45, 2.75) is 39.2 Å². The minimum Gasteiger partial charge on any atom is -0.397 e. The van der Waals surface area contributed by atoms with E-state index in [0.29, 0.717) is 23.8 Å². The van der Waals surface area contributed by atoms with Gasteiger partial charge in [-0.1, -0.05) is 6.92 Å². The first kappa shape index (κ1) is 13.7. The largest absolute Gasteiger partial charge is 0.397 e. The Bertz CT molecular complexity index is 455. The molecule has 0 radical (unpaired) electrons. The molecule has 0 aromatic heterocycles. The third-order valence-corrected chi connectivity index (χ3v) is 3.39. The Morgan fingerprint density at radius 3 is 2.68 bits per heavy atom. The first-order chi connectivity index (χ1) is 9.17. The maximum Gasteiger partial charge on any atom is 0.251 e. The van der Waals surface area contributed by atoms with E-state index in [9.17, 15) is 4.79 Å². The van der Waals surface area contributed by atoms with Crippen molar-refractivity contribution < 1.29 is 4.79 Å². The molecule has 0 unspecified atom stereocenters. The van der Waals surface area contributed by atoms with Crippen molar-refractivity contribution >= 4 is 17.3 Å². The van der Waals surface area contributed by atoms with Gasteiger partial charge in [0, 0.05) is 24.7 Å². The van der Waals surface area contributed by atoms with E-state index in [4.69, 9.17) is 5.73 Å². The average molecular weight is 261 g/mol. The Morgan fingerprint density at radius 2 is 2.16 bits per heavy atom. The van der Waals surface area contributed by atoms with Gasteiger partial charge in [0.1, 0.15) is 0 Å². The maximum absolute atomic E-state index is 11.8. The molecule has 1 aromatic carbocycles. The van der Waals surface area contributed by atoms with Gasteiger partial charge in [-0.15, -0.1) is 0 Å². The van der Waals surface area contributed by atoms with Crippen molar-refractivity contribution in [3.05, 3.63) is 23.8 Å². The molecule has 1 fully saturated rings. The lowest BCUT2D eigenvalue weighted by atomic mass is 10.1.